The molecule has 0 N–H and O–H groups in total. The van der Waals surface area contributed by atoms with Crippen LogP contribution in [0.25, 0.3) is 0 Å². The summed E-state index contributed by atoms with van der Waals surface area (Å²) in [5.41, 5.74) is 0. The van der Waals surface area contributed by atoms with E-state index in [0.29, 0.717) is 11.6 Å². The van der Waals surface area contributed by atoms with Gasteiger partial charge in [0.25, 0.3) is 0 Å². The van der Waals surface area contributed by atoms with Gasteiger partial charge in [0, 0.05) is 18.5 Å². The van der Waals surface area contributed by atoms with Gasteiger partial charge in [-0.25, -0.2) is 8.42 Å². The minimum atomic E-state index is -3.53. The van der Waals surface area contributed by atoms with E-state index in [2.05, 4.69) is 0 Å². The fraction of sp³-hybridized carbons (Fsp3) is 0.455. The maximum Gasteiger partial charge on any atom is 0.243 e. The molecule has 0 spiro atoms. The quantitative estimate of drug-likeness (QED) is 0.777. The van der Waals surface area contributed by atoms with Crippen molar-refractivity contribution in [2.45, 2.75) is 23.8 Å². The highest BCUT2D eigenvalue weighted by atomic mass is 35.5. The summed E-state index contributed by atoms with van der Waals surface area (Å²) in [6.07, 6.45) is 1.77. The zero-order chi connectivity index (χ0) is 13.3. The molecule has 0 bridgehead atoms. The maximum atomic E-state index is 12.4. The van der Waals surface area contributed by atoms with Crippen molar-refractivity contribution in [2.75, 3.05) is 12.4 Å². The average Bonchev–Trinajstić information content (AvgIpc) is 3.13. The van der Waals surface area contributed by atoms with Crippen LogP contribution in [0.15, 0.2) is 23.1 Å². The van der Waals surface area contributed by atoms with Gasteiger partial charge in [-0.2, -0.15) is 4.31 Å². The van der Waals surface area contributed by atoms with E-state index in [1.54, 1.807) is 0 Å². The molecular weight excluding hydrogens is 317 g/mol. The van der Waals surface area contributed by atoms with E-state index in [9.17, 15) is 8.42 Å². The Morgan fingerprint density at radius 3 is 2.39 bits per heavy atom. The van der Waals surface area contributed by atoms with Crippen molar-refractivity contribution in [3.8, 4) is 0 Å². The third-order valence-electron chi connectivity index (χ3n) is 2.76. The molecule has 1 aliphatic carbocycles. The Bertz CT molecular complexity index is 543. The number of nitrogens with zero attached hydrogens (tertiary/aromatic N) is 1. The van der Waals surface area contributed by atoms with Crippen LogP contribution in [0.3, 0.4) is 0 Å². The number of benzene rings is 1. The SMILES string of the molecule is O=S(=O)(c1ccc(Cl)c(Cl)c1)N(CCCl)C1CC1. The van der Waals surface area contributed by atoms with Gasteiger partial charge in [0.2, 0.25) is 10.0 Å². The van der Waals surface area contributed by atoms with Gasteiger partial charge in [-0.15, -0.1) is 11.6 Å². The predicted molar refractivity (Wildman–Crippen MR) is 74.1 cm³/mol. The van der Waals surface area contributed by atoms with E-state index in [1.807, 2.05) is 0 Å². The first-order valence-electron chi connectivity index (χ1n) is 5.49. The van der Waals surface area contributed by atoms with Crippen molar-refractivity contribution < 1.29 is 8.42 Å². The summed E-state index contributed by atoms with van der Waals surface area (Å²) in [4.78, 5) is 0.161. The van der Waals surface area contributed by atoms with Gasteiger partial charge in [0.15, 0.2) is 0 Å². The maximum absolute atomic E-state index is 12.4. The van der Waals surface area contributed by atoms with Gasteiger partial charge in [-0.3, -0.25) is 0 Å². The zero-order valence-electron chi connectivity index (χ0n) is 9.44. The van der Waals surface area contributed by atoms with E-state index in [-0.39, 0.29) is 21.8 Å². The topological polar surface area (TPSA) is 37.4 Å². The molecule has 0 heterocycles. The molecule has 0 unspecified atom stereocenters. The van der Waals surface area contributed by atoms with Crippen LogP contribution in [0, 0.1) is 0 Å². The summed E-state index contributed by atoms with van der Waals surface area (Å²) < 4.78 is 26.3. The highest BCUT2D eigenvalue weighted by Crippen LogP contribution is 2.33. The van der Waals surface area contributed by atoms with Crippen LogP contribution in [0.2, 0.25) is 10.0 Å². The van der Waals surface area contributed by atoms with Gasteiger partial charge >= 0.3 is 0 Å². The Morgan fingerprint density at radius 1 is 1.22 bits per heavy atom. The first kappa shape index (κ1) is 14.4. The van der Waals surface area contributed by atoms with Crippen molar-refractivity contribution >= 4 is 44.8 Å². The largest absolute Gasteiger partial charge is 0.243 e. The molecule has 18 heavy (non-hydrogen) atoms. The molecule has 0 atom stereocenters. The molecule has 0 aliphatic heterocycles. The number of alkyl halides is 1. The fourth-order valence-electron chi connectivity index (χ4n) is 1.72. The van der Waals surface area contributed by atoms with Gasteiger partial charge in [0.1, 0.15) is 0 Å². The normalized spacial score (nSPS) is 16.2. The summed E-state index contributed by atoms with van der Waals surface area (Å²) >= 11 is 17.3. The molecule has 100 valence electrons. The highest BCUT2D eigenvalue weighted by molar-refractivity contribution is 7.89. The van der Waals surface area contributed by atoms with Gasteiger partial charge in [-0.05, 0) is 31.0 Å². The smallest absolute Gasteiger partial charge is 0.207 e. The second kappa shape index (κ2) is 5.55. The van der Waals surface area contributed by atoms with Crippen LogP contribution in [0.5, 0.6) is 0 Å². The Morgan fingerprint density at radius 2 is 1.89 bits per heavy atom. The van der Waals surface area contributed by atoms with E-state index in [1.165, 1.54) is 22.5 Å². The van der Waals surface area contributed by atoms with Crippen LogP contribution in [-0.4, -0.2) is 31.2 Å². The molecule has 3 nitrogen and oxygen atoms in total. The Kier molecular flexibility index (Phi) is 4.44. The molecule has 1 aromatic rings. The third kappa shape index (κ3) is 2.94. The lowest BCUT2D eigenvalue weighted by molar-refractivity contribution is 0.422. The van der Waals surface area contributed by atoms with Crippen molar-refractivity contribution in [1.82, 2.24) is 4.31 Å². The first-order chi connectivity index (χ1) is 8.46. The number of hydrogen-bond donors (Lipinski definition) is 0. The number of halogens is 3. The molecule has 0 radical (unpaired) electrons. The highest BCUT2D eigenvalue weighted by Gasteiger charge is 2.37. The minimum Gasteiger partial charge on any atom is -0.207 e. The second-order valence-corrected chi connectivity index (χ2v) is 7.19. The lowest BCUT2D eigenvalue weighted by Crippen LogP contribution is -2.34. The molecular formula is C11H12Cl3NO2S. The summed E-state index contributed by atoms with van der Waals surface area (Å²) in [6, 6.07) is 4.40. The van der Waals surface area contributed by atoms with E-state index in [4.69, 9.17) is 34.8 Å². The standard InChI is InChI=1S/C11H12Cl3NO2S/c12-5-6-15(8-1-2-8)18(16,17)9-3-4-10(13)11(14)7-9/h3-4,7-8H,1-2,5-6H2. The number of sulfonamides is 1. The van der Waals surface area contributed by atoms with Crippen LogP contribution < -0.4 is 0 Å². The van der Waals surface area contributed by atoms with Crippen molar-refractivity contribution in [3.05, 3.63) is 28.2 Å². The van der Waals surface area contributed by atoms with Crippen LogP contribution >= 0.6 is 34.8 Å². The lowest BCUT2D eigenvalue weighted by atomic mass is 10.4. The van der Waals surface area contributed by atoms with Crippen LogP contribution in [0.4, 0.5) is 0 Å². The summed E-state index contributed by atoms with van der Waals surface area (Å²) in [6.45, 7) is 0.314. The molecule has 0 saturated heterocycles. The molecule has 0 aromatic heterocycles. The van der Waals surface area contributed by atoms with E-state index in [0.717, 1.165) is 12.8 Å². The minimum absolute atomic E-state index is 0.0724. The Hall–Kier alpha value is -0.000000000000000111. The summed E-state index contributed by atoms with van der Waals surface area (Å²) in [5.74, 6) is 0.275. The Labute approximate surface area is 122 Å². The van der Waals surface area contributed by atoms with Crippen molar-refractivity contribution in [2.24, 2.45) is 0 Å². The van der Waals surface area contributed by atoms with Crippen LogP contribution in [-0.2, 0) is 10.0 Å². The molecule has 2 rings (SSSR count). The summed E-state index contributed by atoms with van der Waals surface area (Å²) in [5, 5.41) is 0.574. The molecule has 0 amide bonds. The van der Waals surface area contributed by atoms with Crippen molar-refractivity contribution in [3.63, 3.8) is 0 Å². The number of rotatable bonds is 5. The third-order valence-corrected chi connectivity index (χ3v) is 5.61. The predicted octanol–water partition coefficient (Wildman–Crippen LogP) is 3.39. The molecule has 1 fully saturated rings. The molecule has 1 saturated carbocycles. The van der Waals surface area contributed by atoms with Crippen molar-refractivity contribution in [1.29, 1.82) is 0 Å². The van der Waals surface area contributed by atoms with E-state index < -0.39 is 10.0 Å². The molecule has 1 aliphatic rings. The van der Waals surface area contributed by atoms with Crippen LogP contribution in [0.1, 0.15) is 12.8 Å². The fourth-order valence-corrected chi connectivity index (χ4v) is 4.08. The summed E-state index contributed by atoms with van der Waals surface area (Å²) in [7, 11) is -3.53. The van der Waals surface area contributed by atoms with Gasteiger partial charge in [-0.1, -0.05) is 23.2 Å². The van der Waals surface area contributed by atoms with Gasteiger partial charge < -0.3 is 0 Å². The molecule has 7 heteroatoms. The zero-order valence-corrected chi connectivity index (χ0v) is 12.5. The van der Waals surface area contributed by atoms with Gasteiger partial charge in [0.05, 0.1) is 14.9 Å². The molecule has 1 aromatic carbocycles. The lowest BCUT2D eigenvalue weighted by Gasteiger charge is -2.20. The second-order valence-electron chi connectivity index (χ2n) is 4.11. The van der Waals surface area contributed by atoms with E-state index >= 15 is 0 Å². The Balaban J connectivity index is 2.36. The average molecular weight is 329 g/mol. The first-order valence-corrected chi connectivity index (χ1v) is 8.22. The number of hydrogen-bond acceptors (Lipinski definition) is 2. The monoisotopic (exact) mass is 327 g/mol.